The third-order valence-electron chi connectivity index (χ3n) is 2.76. The van der Waals surface area contributed by atoms with E-state index in [1.165, 1.54) is 0 Å². The summed E-state index contributed by atoms with van der Waals surface area (Å²) >= 11 is 5.86. The van der Waals surface area contributed by atoms with Crippen molar-refractivity contribution >= 4 is 17.6 Å². The smallest absolute Gasteiger partial charge is 0.320 e. The Balaban J connectivity index is 1.82. The van der Waals surface area contributed by atoms with E-state index >= 15 is 0 Å². The molecule has 92 valence electrons. The van der Waals surface area contributed by atoms with Gasteiger partial charge in [-0.15, -0.1) is 0 Å². The lowest BCUT2D eigenvalue weighted by Crippen LogP contribution is -2.29. The first kappa shape index (κ1) is 12.4. The normalized spacial score (nSPS) is 23.8. The SMILES string of the molecule is O=C(O)C1C[C@H](OCc2cccc(Cl)c2)CN1. The van der Waals surface area contributed by atoms with Crippen LogP contribution in [0.4, 0.5) is 0 Å². The van der Waals surface area contributed by atoms with Crippen LogP contribution in [-0.2, 0) is 16.1 Å². The molecule has 17 heavy (non-hydrogen) atoms. The van der Waals surface area contributed by atoms with Gasteiger partial charge in [-0.1, -0.05) is 23.7 Å². The second-order valence-corrected chi connectivity index (χ2v) is 4.53. The number of ether oxygens (including phenoxy) is 1. The molecular formula is C12H14ClNO3. The molecule has 2 atom stereocenters. The van der Waals surface area contributed by atoms with Gasteiger partial charge in [0.2, 0.25) is 0 Å². The van der Waals surface area contributed by atoms with Gasteiger partial charge in [0.25, 0.3) is 0 Å². The number of nitrogens with one attached hydrogen (secondary N) is 1. The van der Waals surface area contributed by atoms with E-state index in [1.54, 1.807) is 0 Å². The molecule has 0 bridgehead atoms. The van der Waals surface area contributed by atoms with Gasteiger partial charge in [0.1, 0.15) is 6.04 Å². The Morgan fingerprint density at radius 2 is 2.41 bits per heavy atom. The van der Waals surface area contributed by atoms with Gasteiger partial charge in [-0.3, -0.25) is 4.79 Å². The van der Waals surface area contributed by atoms with E-state index < -0.39 is 12.0 Å². The first-order valence-corrected chi connectivity index (χ1v) is 5.85. The summed E-state index contributed by atoms with van der Waals surface area (Å²) in [7, 11) is 0. The van der Waals surface area contributed by atoms with Gasteiger partial charge in [0, 0.05) is 18.0 Å². The van der Waals surface area contributed by atoms with Crippen LogP contribution in [0.1, 0.15) is 12.0 Å². The maximum absolute atomic E-state index is 10.7. The third-order valence-corrected chi connectivity index (χ3v) is 3.00. The number of halogens is 1. The van der Waals surface area contributed by atoms with Gasteiger partial charge in [0.05, 0.1) is 12.7 Å². The van der Waals surface area contributed by atoms with Crippen molar-refractivity contribution in [2.24, 2.45) is 0 Å². The number of carboxylic acids is 1. The number of hydrogen-bond acceptors (Lipinski definition) is 3. The van der Waals surface area contributed by atoms with Crippen LogP contribution < -0.4 is 5.32 Å². The minimum absolute atomic E-state index is 0.0462. The summed E-state index contributed by atoms with van der Waals surface area (Å²) in [5, 5.41) is 12.4. The number of benzene rings is 1. The topological polar surface area (TPSA) is 58.6 Å². The number of aliphatic carboxylic acids is 1. The monoisotopic (exact) mass is 255 g/mol. The van der Waals surface area contributed by atoms with Crippen LogP contribution in [-0.4, -0.2) is 29.8 Å². The molecule has 1 heterocycles. The highest BCUT2D eigenvalue weighted by molar-refractivity contribution is 6.30. The van der Waals surface area contributed by atoms with Crippen LogP contribution in [0.15, 0.2) is 24.3 Å². The Morgan fingerprint density at radius 1 is 1.59 bits per heavy atom. The minimum atomic E-state index is -0.821. The molecule has 0 saturated carbocycles. The maximum Gasteiger partial charge on any atom is 0.320 e. The lowest BCUT2D eigenvalue weighted by Gasteiger charge is -2.10. The van der Waals surface area contributed by atoms with Crippen molar-refractivity contribution in [1.29, 1.82) is 0 Å². The fourth-order valence-electron chi connectivity index (χ4n) is 1.86. The first-order chi connectivity index (χ1) is 8.15. The Morgan fingerprint density at radius 3 is 3.06 bits per heavy atom. The molecule has 4 nitrogen and oxygen atoms in total. The van der Waals surface area contributed by atoms with Crippen molar-refractivity contribution in [2.75, 3.05) is 6.54 Å². The zero-order chi connectivity index (χ0) is 12.3. The second-order valence-electron chi connectivity index (χ2n) is 4.10. The summed E-state index contributed by atoms with van der Waals surface area (Å²) in [6.07, 6.45) is 0.464. The molecule has 0 radical (unpaired) electrons. The van der Waals surface area contributed by atoms with Crippen molar-refractivity contribution in [2.45, 2.75) is 25.2 Å². The highest BCUT2D eigenvalue weighted by Crippen LogP contribution is 2.15. The third kappa shape index (κ3) is 3.43. The molecule has 1 unspecified atom stereocenters. The molecule has 2 rings (SSSR count). The molecule has 2 N–H and O–H groups in total. The van der Waals surface area contributed by atoms with Crippen LogP contribution in [0.5, 0.6) is 0 Å². The second kappa shape index (κ2) is 5.49. The van der Waals surface area contributed by atoms with Crippen molar-refractivity contribution in [3.8, 4) is 0 Å². The molecule has 1 aliphatic rings. The van der Waals surface area contributed by atoms with Crippen molar-refractivity contribution in [3.05, 3.63) is 34.9 Å². The number of rotatable bonds is 4. The standard InChI is InChI=1S/C12H14ClNO3/c13-9-3-1-2-8(4-9)7-17-10-5-11(12(15)16)14-6-10/h1-4,10-11,14H,5-7H2,(H,15,16)/t10-,11?/m0/s1. The van der Waals surface area contributed by atoms with E-state index in [-0.39, 0.29) is 6.10 Å². The molecule has 1 saturated heterocycles. The van der Waals surface area contributed by atoms with E-state index in [9.17, 15) is 4.79 Å². The lowest BCUT2D eigenvalue weighted by atomic mass is 10.2. The van der Waals surface area contributed by atoms with Crippen LogP contribution in [0.2, 0.25) is 5.02 Å². The molecule has 0 amide bonds. The van der Waals surface area contributed by atoms with E-state index in [1.807, 2.05) is 24.3 Å². The quantitative estimate of drug-likeness (QED) is 0.859. The Kier molecular flexibility index (Phi) is 3.99. The maximum atomic E-state index is 10.7. The number of hydrogen-bond donors (Lipinski definition) is 2. The van der Waals surface area contributed by atoms with Gasteiger partial charge in [0.15, 0.2) is 0 Å². The summed E-state index contributed by atoms with van der Waals surface area (Å²) in [4.78, 5) is 10.7. The first-order valence-electron chi connectivity index (χ1n) is 5.47. The van der Waals surface area contributed by atoms with Crippen LogP contribution >= 0.6 is 11.6 Å². The summed E-state index contributed by atoms with van der Waals surface area (Å²) in [6, 6.07) is 6.97. The molecule has 5 heteroatoms. The van der Waals surface area contributed by atoms with Crippen molar-refractivity contribution < 1.29 is 14.6 Å². The highest BCUT2D eigenvalue weighted by Gasteiger charge is 2.29. The van der Waals surface area contributed by atoms with Crippen molar-refractivity contribution in [3.63, 3.8) is 0 Å². The molecule has 1 fully saturated rings. The van der Waals surface area contributed by atoms with Crippen LogP contribution in [0.25, 0.3) is 0 Å². The molecule has 0 spiro atoms. The molecular weight excluding hydrogens is 242 g/mol. The number of carbonyl (C=O) groups is 1. The van der Waals surface area contributed by atoms with E-state index in [0.717, 1.165) is 5.56 Å². The Hall–Kier alpha value is -1.10. The molecule has 1 aliphatic heterocycles. The van der Waals surface area contributed by atoms with Crippen LogP contribution in [0.3, 0.4) is 0 Å². The van der Waals surface area contributed by atoms with Gasteiger partial charge in [-0.25, -0.2) is 0 Å². The van der Waals surface area contributed by atoms with Gasteiger partial charge in [-0.05, 0) is 17.7 Å². The predicted octanol–water partition coefficient (Wildman–Crippen LogP) is 1.67. The Bertz CT molecular complexity index is 410. The molecule has 0 aromatic heterocycles. The average Bonchev–Trinajstić information content (AvgIpc) is 2.75. The van der Waals surface area contributed by atoms with Gasteiger partial charge < -0.3 is 15.2 Å². The average molecular weight is 256 g/mol. The molecule has 1 aromatic carbocycles. The fourth-order valence-corrected chi connectivity index (χ4v) is 2.07. The number of carboxylic acid groups (broad SMARTS) is 1. The molecule has 0 aliphatic carbocycles. The highest BCUT2D eigenvalue weighted by atomic mass is 35.5. The summed E-state index contributed by atoms with van der Waals surface area (Å²) in [6.45, 7) is 1.04. The minimum Gasteiger partial charge on any atom is -0.480 e. The van der Waals surface area contributed by atoms with E-state index in [2.05, 4.69) is 5.32 Å². The fraction of sp³-hybridized carbons (Fsp3) is 0.417. The largest absolute Gasteiger partial charge is 0.480 e. The van der Waals surface area contributed by atoms with Gasteiger partial charge in [-0.2, -0.15) is 0 Å². The lowest BCUT2D eigenvalue weighted by molar-refractivity contribution is -0.139. The van der Waals surface area contributed by atoms with Crippen molar-refractivity contribution in [1.82, 2.24) is 5.32 Å². The zero-order valence-electron chi connectivity index (χ0n) is 9.23. The molecule has 1 aromatic rings. The van der Waals surface area contributed by atoms with Crippen LogP contribution in [0, 0.1) is 0 Å². The summed E-state index contributed by atoms with van der Waals surface area (Å²) in [5.41, 5.74) is 0.997. The summed E-state index contributed by atoms with van der Waals surface area (Å²) in [5.74, 6) is -0.821. The van der Waals surface area contributed by atoms with E-state index in [0.29, 0.717) is 24.6 Å². The van der Waals surface area contributed by atoms with E-state index in [4.69, 9.17) is 21.4 Å². The summed E-state index contributed by atoms with van der Waals surface area (Å²) < 4.78 is 5.64. The van der Waals surface area contributed by atoms with Gasteiger partial charge >= 0.3 is 5.97 Å². The Labute approximate surface area is 105 Å². The predicted molar refractivity (Wildman–Crippen MR) is 64.1 cm³/mol. The zero-order valence-corrected chi connectivity index (χ0v) is 9.98.